The molecule has 0 unspecified atom stereocenters. The Kier molecular flexibility index (Phi) is 7.39. The predicted molar refractivity (Wildman–Crippen MR) is 237 cm³/mol. The molecule has 55 heavy (non-hydrogen) atoms. The van der Waals surface area contributed by atoms with Crippen molar-refractivity contribution in [3.8, 4) is 27.9 Å². The van der Waals surface area contributed by atoms with Crippen molar-refractivity contribution in [3.63, 3.8) is 0 Å². The highest BCUT2D eigenvalue weighted by molar-refractivity contribution is 7.25. The first kappa shape index (κ1) is 31.6. The Hall–Kier alpha value is -6.94. The number of aromatic nitrogens is 1. The molecule has 2 nitrogen and oxygen atoms in total. The minimum absolute atomic E-state index is 1.11. The number of fused-ring (bicyclic) bond motifs is 7. The van der Waals surface area contributed by atoms with Gasteiger partial charge in [0.05, 0.1) is 16.7 Å². The lowest BCUT2D eigenvalue weighted by Crippen LogP contribution is -2.11. The first-order valence-corrected chi connectivity index (χ1v) is 19.6. The van der Waals surface area contributed by atoms with Gasteiger partial charge in [0.1, 0.15) is 0 Å². The van der Waals surface area contributed by atoms with E-state index in [1.807, 2.05) is 11.3 Å². The Morgan fingerprint density at radius 1 is 0.364 bits per heavy atom. The van der Waals surface area contributed by atoms with Crippen molar-refractivity contribution < 1.29 is 0 Å². The van der Waals surface area contributed by atoms with Gasteiger partial charge >= 0.3 is 0 Å². The van der Waals surface area contributed by atoms with Crippen LogP contribution in [0.5, 0.6) is 0 Å². The summed E-state index contributed by atoms with van der Waals surface area (Å²) < 4.78 is 5.03. The molecule has 0 aliphatic heterocycles. The summed E-state index contributed by atoms with van der Waals surface area (Å²) in [6.45, 7) is 0. The fraction of sp³-hybridized carbons (Fsp3) is 0. The van der Waals surface area contributed by atoms with Crippen molar-refractivity contribution in [2.24, 2.45) is 0 Å². The Balaban J connectivity index is 1.10. The fourth-order valence-corrected chi connectivity index (χ4v) is 9.55. The number of para-hydroxylation sites is 3. The Morgan fingerprint density at radius 3 is 1.73 bits per heavy atom. The van der Waals surface area contributed by atoms with Crippen molar-refractivity contribution >= 4 is 81.1 Å². The van der Waals surface area contributed by atoms with Gasteiger partial charge in [0.2, 0.25) is 0 Å². The number of nitrogens with zero attached hydrogens (tertiary/aromatic N) is 2. The molecule has 0 aliphatic rings. The maximum atomic E-state index is 2.42. The van der Waals surface area contributed by atoms with E-state index in [4.69, 9.17) is 0 Å². The molecule has 0 radical (unpaired) electrons. The second-order valence-electron chi connectivity index (χ2n) is 14.1. The van der Waals surface area contributed by atoms with E-state index in [9.17, 15) is 0 Å². The minimum Gasteiger partial charge on any atom is -0.310 e. The molecule has 11 aromatic rings. The highest BCUT2D eigenvalue weighted by Gasteiger charge is 2.20. The molecular formula is C52H34N2S. The molecule has 0 aliphatic carbocycles. The van der Waals surface area contributed by atoms with Crippen LogP contribution in [0.2, 0.25) is 0 Å². The number of hydrogen-bond donors (Lipinski definition) is 0. The lowest BCUT2D eigenvalue weighted by atomic mass is 9.96. The fourth-order valence-electron chi connectivity index (χ4n) is 8.46. The van der Waals surface area contributed by atoms with Crippen LogP contribution in [0.25, 0.3) is 80.7 Å². The van der Waals surface area contributed by atoms with Crippen LogP contribution in [0.1, 0.15) is 0 Å². The molecule has 9 aromatic carbocycles. The van der Waals surface area contributed by atoms with E-state index in [1.54, 1.807) is 0 Å². The summed E-state index contributed by atoms with van der Waals surface area (Å²) in [6, 6.07) is 75.2. The average molecular weight is 719 g/mol. The zero-order chi connectivity index (χ0) is 36.3. The predicted octanol–water partition coefficient (Wildman–Crippen LogP) is 15.1. The average Bonchev–Trinajstić information content (AvgIpc) is 3.80. The first-order valence-electron chi connectivity index (χ1n) is 18.8. The summed E-state index contributed by atoms with van der Waals surface area (Å²) in [5.41, 5.74) is 11.7. The quantitative estimate of drug-likeness (QED) is 0.166. The maximum absolute atomic E-state index is 2.42. The van der Waals surface area contributed by atoms with Gasteiger partial charge in [-0.05, 0) is 94.2 Å². The van der Waals surface area contributed by atoms with Crippen LogP contribution in [0, 0.1) is 0 Å². The highest BCUT2D eigenvalue weighted by atomic mass is 32.1. The molecule has 11 rings (SSSR count). The molecule has 258 valence electrons. The Morgan fingerprint density at radius 2 is 0.945 bits per heavy atom. The van der Waals surface area contributed by atoms with Gasteiger partial charge in [-0.15, -0.1) is 11.3 Å². The molecule has 0 atom stereocenters. The summed E-state index contributed by atoms with van der Waals surface area (Å²) in [5, 5.41) is 7.57. The van der Waals surface area contributed by atoms with Crippen molar-refractivity contribution in [2.75, 3.05) is 4.90 Å². The van der Waals surface area contributed by atoms with Crippen molar-refractivity contribution in [3.05, 3.63) is 206 Å². The SMILES string of the molecule is c1ccc(-c2ccccc2N(c2ccc(-c3cc(-n4c5ccccc5c5ccccc54)cc4ccccc34)cc2)c2ccc3sc4ccccc4c3c2)cc1. The summed E-state index contributed by atoms with van der Waals surface area (Å²) >= 11 is 1.85. The smallest absolute Gasteiger partial charge is 0.0541 e. The van der Waals surface area contributed by atoms with Gasteiger partial charge in [-0.25, -0.2) is 0 Å². The standard InChI is InChI=1S/C52H34N2S/c1-2-14-35(15-3-1)42-18-6-10-22-48(42)53(39-30-31-52-47(33-39)45-21-9-13-25-51(45)55-52)38-28-26-36(27-29-38)46-34-40(32-37-16-4-5-17-41(37)46)54-49-23-11-7-19-43(49)44-20-8-12-24-50(44)54/h1-34H. The van der Waals surface area contributed by atoms with Gasteiger partial charge in [-0.1, -0.05) is 140 Å². The second-order valence-corrected chi connectivity index (χ2v) is 15.2. The molecule has 0 saturated heterocycles. The summed E-state index contributed by atoms with van der Waals surface area (Å²) in [6.07, 6.45) is 0. The van der Waals surface area contributed by atoms with Crippen LogP contribution >= 0.6 is 11.3 Å². The molecule has 0 bridgehead atoms. The van der Waals surface area contributed by atoms with Gasteiger partial charge in [-0.3, -0.25) is 0 Å². The highest BCUT2D eigenvalue weighted by Crippen LogP contribution is 2.45. The van der Waals surface area contributed by atoms with E-state index >= 15 is 0 Å². The van der Waals surface area contributed by atoms with Gasteiger partial charge in [-0.2, -0.15) is 0 Å². The van der Waals surface area contributed by atoms with Crippen LogP contribution in [0.3, 0.4) is 0 Å². The van der Waals surface area contributed by atoms with Gasteiger partial charge in [0.25, 0.3) is 0 Å². The lowest BCUT2D eigenvalue weighted by Gasteiger charge is -2.28. The number of thiophene rings is 1. The molecule has 3 heteroatoms. The monoisotopic (exact) mass is 718 g/mol. The van der Waals surface area contributed by atoms with E-state index in [-0.39, 0.29) is 0 Å². The van der Waals surface area contributed by atoms with E-state index < -0.39 is 0 Å². The third kappa shape index (κ3) is 5.24. The Labute approximate surface area is 323 Å². The first-order chi connectivity index (χ1) is 27.3. The van der Waals surface area contributed by atoms with Gasteiger partial charge < -0.3 is 9.47 Å². The van der Waals surface area contributed by atoms with E-state index in [0.717, 1.165) is 22.7 Å². The lowest BCUT2D eigenvalue weighted by molar-refractivity contribution is 1.19. The largest absolute Gasteiger partial charge is 0.310 e. The van der Waals surface area contributed by atoms with Crippen LogP contribution in [-0.2, 0) is 0 Å². The van der Waals surface area contributed by atoms with Gasteiger partial charge in [0.15, 0.2) is 0 Å². The van der Waals surface area contributed by atoms with E-state index in [0.29, 0.717) is 0 Å². The van der Waals surface area contributed by atoms with Crippen LogP contribution in [0.15, 0.2) is 206 Å². The van der Waals surface area contributed by atoms with Crippen molar-refractivity contribution in [2.45, 2.75) is 0 Å². The third-order valence-electron chi connectivity index (χ3n) is 11.0. The number of hydrogen-bond acceptors (Lipinski definition) is 2. The summed E-state index contributed by atoms with van der Waals surface area (Å²) in [7, 11) is 0. The van der Waals surface area contributed by atoms with E-state index in [2.05, 4.69) is 216 Å². The van der Waals surface area contributed by atoms with Crippen LogP contribution in [0.4, 0.5) is 17.1 Å². The summed E-state index contributed by atoms with van der Waals surface area (Å²) in [4.78, 5) is 2.42. The normalized spacial score (nSPS) is 11.6. The molecule has 0 spiro atoms. The summed E-state index contributed by atoms with van der Waals surface area (Å²) in [5.74, 6) is 0. The number of rotatable bonds is 6. The van der Waals surface area contributed by atoms with Crippen LogP contribution in [-0.4, -0.2) is 4.57 Å². The minimum atomic E-state index is 1.11. The zero-order valence-corrected chi connectivity index (χ0v) is 30.7. The number of benzene rings is 9. The maximum Gasteiger partial charge on any atom is 0.0541 e. The molecule has 0 fully saturated rings. The van der Waals surface area contributed by atoms with Crippen molar-refractivity contribution in [1.82, 2.24) is 4.57 Å². The molecule has 0 saturated carbocycles. The molecular weight excluding hydrogens is 685 g/mol. The van der Waals surface area contributed by atoms with E-state index in [1.165, 1.54) is 75.0 Å². The topological polar surface area (TPSA) is 8.17 Å². The molecule has 2 heterocycles. The number of anilines is 3. The molecule has 2 aromatic heterocycles. The van der Waals surface area contributed by atoms with Gasteiger partial charge in [0, 0.05) is 53.6 Å². The molecule has 0 N–H and O–H groups in total. The Bertz CT molecular complexity index is 3150. The van der Waals surface area contributed by atoms with Crippen LogP contribution < -0.4 is 4.90 Å². The zero-order valence-electron chi connectivity index (χ0n) is 29.9. The second kappa shape index (κ2) is 12.9. The van der Waals surface area contributed by atoms with Crippen molar-refractivity contribution in [1.29, 1.82) is 0 Å². The molecule has 0 amide bonds. The third-order valence-corrected chi connectivity index (χ3v) is 12.1.